The molecular weight excluding hydrogens is 422 g/mol. The van der Waals surface area contributed by atoms with Gasteiger partial charge < -0.3 is 5.11 Å². The lowest BCUT2D eigenvalue weighted by Crippen LogP contribution is -2.43. The van der Waals surface area contributed by atoms with Gasteiger partial charge in [-0.15, -0.1) is 0 Å². The van der Waals surface area contributed by atoms with Crippen LogP contribution >= 0.6 is 0 Å². The van der Waals surface area contributed by atoms with Crippen LogP contribution in [0.3, 0.4) is 0 Å². The number of rotatable bonds is 11. The van der Waals surface area contributed by atoms with E-state index in [9.17, 15) is 13.2 Å². The average molecular weight is 456 g/mol. The second kappa shape index (κ2) is 10.2. The van der Waals surface area contributed by atoms with Gasteiger partial charge in [0.2, 0.25) is 10.0 Å². The van der Waals surface area contributed by atoms with E-state index in [1.54, 1.807) is 12.1 Å². The van der Waals surface area contributed by atoms with Gasteiger partial charge in [-0.05, 0) is 73.1 Å². The van der Waals surface area contributed by atoms with Crippen LogP contribution in [0.2, 0.25) is 0 Å². The molecule has 5 nitrogen and oxygen atoms in total. The molecule has 2 N–H and O–H groups in total. The first-order valence-corrected chi connectivity index (χ1v) is 13.3. The summed E-state index contributed by atoms with van der Waals surface area (Å²) in [5.74, 6) is 0.721. The molecule has 2 aromatic carbocycles. The van der Waals surface area contributed by atoms with Gasteiger partial charge >= 0.3 is 5.97 Å². The number of benzene rings is 2. The molecule has 2 fully saturated rings. The van der Waals surface area contributed by atoms with E-state index in [0.717, 1.165) is 56.1 Å². The molecule has 0 amide bonds. The van der Waals surface area contributed by atoms with Gasteiger partial charge in [0.15, 0.2) is 0 Å². The van der Waals surface area contributed by atoms with E-state index < -0.39 is 16.0 Å². The highest BCUT2D eigenvalue weighted by molar-refractivity contribution is 7.89. The van der Waals surface area contributed by atoms with Gasteiger partial charge in [-0.3, -0.25) is 4.79 Å². The maximum absolute atomic E-state index is 13.2. The third-order valence-corrected chi connectivity index (χ3v) is 8.80. The van der Waals surface area contributed by atoms with Crippen LogP contribution < -0.4 is 4.72 Å². The van der Waals surface area contributed by atoms with Crippen molar-refractivity contribution in [1.29, 1.82) is 0 Å². The van der Waals surface area contributed by atoms with Crippen molar-refractivity contribution >= 4 is 16.0 Å². The molecule has 2 aromatic rings. The zero-order valence-corrected chi connectivity index (χ0v) is 19.3. The molecule has 0 aromatic heterocycles. The topological polar surface area (TPSA) is 83.5 Å². The van der Waals surface area contributed by atoms with Gasteiger partial charge in [-0.25, -0.2) is 13.1 Å². The quantitative estimate of drug-likeness (QED) is 0.440. The lowest BCUT2D eigenvalue weighted by molar-refractivity contribution is -0.137. The number of aliphatic carboxylic acids is 1. The zero-order valence-electron chi connectivity index (χ0n) is 18.4. The molecule has 0 heterocycles. The first-order chi connectivity index (χ1) is 15.4. The Bertz CT molecular complexity index is 1000. The molecule has 2 aliphatic rings. The maximum atomic E-state index is 13.2. The van der Waals surface area contributed by atoms with Crippen molar-refractivity contribution in [3.05, 3.63) is 54.6 Å². The van der Waals surface area contributed by atoms with E-state index >= 15 is 0 Å². The fraction of sp³-hybridized carbons (Fsp3) is 0.500. The minimum Gasteiger partial charge on any atom is -0.481 e. The highest BCUT2D eigenvalue weighted by atomic mass is 32.2. The predicted octanol–water partition coefficient (Wildman–Crippen LogP) is 5.47. The SMILES string of the molecule is O=C(O)CCCCCCC1C2CC[C@@H](C2)C1NS(=O)(=O)c1ccc(-c2ccccc2)cc1. The normalized spacial score (nSPS) is 24.6. The second-order valence-corrected chi connectivity index (χ2v) is 11.1. The van der Waals surface area contributed by atoms with Crippen LogP contribution in [0.25, 0.3) is 11.1 Å². The molecule has 0 spiro atoms. The summed E-state index contributed by atoms with van der Waals surface area (Å²) in [5, 5.41) is 8.76. The molecule has 32 heavy (non-hydrogen) atoms. The summed E-state index contributed by atoms with van der Waals surface area (Å²) in [4.78, 5) is 11.0. The summed E-state index contributed by atoms with van der Waals surface area (Å²) in [6.07, 6.45) is 8.41. The number of fused-ring (bicyclic) bond motifs is 2. The summed E-state index contributed by atoms with van der Waals surface area (Å²) < 4.78 is 29.4. The van der Waals surface area contributed by atoms with Gasteiger partial charge in [0.25, 0.3) is 0 Å². The van der Waals surface area contributed by atoms with Crippen LogP contribution in [0, 0.1) is 17.8 Å². The summed E-state index contributed by atoms with van der Waals surface area (Å²) in [5.41, 5.74) is 2.08. The van der Waals surface area contributed by atoms with Crippen LogP contribution in [-0.4, -0.2) is 25.5 Å². The summed E-state index contributed by atoms with van der Waals surface area (Å²) in [6, 6.07) is 17.1. The van der Waals surface area contributed by atoms with E-state index in [4.69, 9.17) is 5.11 Å². The van der Waals surface area contributed by atoms with E-state index in [1.807, 2.05) is 42.5 Å². The van der Waals surface area contributed by atoms with Crippen LogP contribution in [0.4, 0.5) is 0 Å². The Morgan fingerprint density at radius 3 is 2.25 bits per heavy atom. The van der Waals surface area contributed by atoms with Crippen LogP contribution in [0.15, 0.2) is 59.5 Å². The van der Waals surface area contributed by atoms with E-state index in [0.29, 0.717) is 22.6 Å². The van der Waals surface area contributed by atoms with Gasteiger partial charge in [0, 0.05) is 12.5 Å². The lowest BCUT2D eigenvalue weighted by Gasteiger charge is -2.31. The van der Waals surface area contributed by atoms with Crippen molar-refractivity contribution in [2.75, 3.05) is 0 Å². The molecule has 4 atom stereocenters. The summed E-state index contributed by atoms with van der Waals surface area (Å²) in [7, 11) is -3.56. The minimum absolute atomic E-state index is 0.0200. The van der Waals surface area contributed by atoms with Crippen LogP contribution in [0.1, 0.15) is 57.8 Å². The Morgan fingerprint density at radius 2 is 1.53 bits per heavy atom. The number of nitrogens with one attached hydrogen (secondary N) is 1. The molecule has 172 valence electrons. The third kappa shape index (κ3) is 5.41. The number of carboxylic acids is 1. The fourth-order valence-electron chi connectivity index (χ4n) is 5.72. The van der Waals surface area contributed by atoms with Gasteiger partial charge in [0.1, 0.15) is 0 Å². The van der Waals surface area contributed by atoms with Gasteiger partial charge in [0.05, 0.1) is 4.90 Å². The van der Waals surface area contributed by atoms with E-state index in [1.165, 1.54) is 6.42 Å². The summed E-state index contributed by atoms with van der Waals surface area (Å²) >= 11 is 0. The number of carbonyl (C=O) groups is 1. The Labute approximate surface area is 191 Å². The molecule has 2 bridgehead atoms. The Morgan fingerprint density at radius 1 is 0.875 bits per heavy atom. The van der Waals surface area contributed by atoms with Crippen molar-refractivity contribution < 1.29 is 18.3 Å². The number of unbranched alkanes of at least 4 members (excludes halogenated alkanes) is 3. The molecule has 2 saturated carbocycles. The molecule has 2 aliphatic carbocycles. The summed E-state index contributed by atoms with van der Waals surface area (Å²) in [6.45, 7) is 0. The highest BCUT2D eigenvalue weighted by Crippen LogP contribution is 2.50. The van der Waals surface area contributed by atoms with Crippen LogP contribution in [0.5, 0.6) is 0 Å². The van der Waals surface area contributed by atoms with E-state index in [2.05, 4.69) is 4.72 Å². The third-order valence-electron chi connectivity index (χ3n) is 7.33. The van der Waals surface area contributed by atoms with Gasteiger partial charge in [-0.2, -0.15) is 0 Å². The smallest absolute Gasteiger partial charge is 0.303 e. The molecule has 0 aliphatic heterocycles. The number of carboxylic acid groups (broad SMARTS) is 1. The van der Waals surface area contributed by atoms with Crippen molar-refractivity contribution in [3.63, 3.8) is 0 Å². The zero-order chi connectivity index (χ0) is 22.6. The molecule has 0 radical (unpaired) electrons. The standard InChI is InChI=1S/C26H33NO4S/c28-25(29)11-7-2-1-6-10-24-21-12-13-22(18-21)26(24)27-32(30,31)23-16-14-20(15-17-23)19-8-4-3-5-9-19/h3-5,8-9,14-17,21-22,24,26-27H,1-2,6-7,10-13,18H2,(H,28,29)/t21?,22-,24?,26?/m0/s1. The predicted molar refractivity (Wildman–Crippen MR) is 126 cm³/mol. The highest BCUT2D eigenvalue weighted by Gasteiger charge is 2.48. The fourth-order valence-corrected chi connectivity index (χ4v) is 7.08. The lowest BCUT2D eigenvalue weighted by atomic mass is 9.81. The van der Waals surface area contributed by atoms with Gasteiger partial charge in [-0.1, -0.05) is 61.7 Å². The minimum atomic E-state index is -3.56. The first kappa shape index (κ1) is 23.0. The Balaban J connectivity index is 1.37. The van der Waals surface area contributed by atoms with Crippen molar-refractivity contribution in [3.8, 4) is 11.1 Å². The maximum Gasteiger partial charge on any atom is 0.303 e. The molecule has 4 rings (SSSR count). The van der Waals surface area contributed by atoms with Crippen molar-refractivity contribution in [2.24, 2.45) is 17.8 Å². The molecular formula is C26H33NO4S. The number of hydrogen-bond acceptors (Lipinski definition) is 3. The average Bonchev–Trinajstić information content (AvgIpc) is 3.39. The Hall–Kier alpha value is -2.18. The van der Waals surface area contributed by atoms with E-state index in [-0.39, 0.29) is 12.5 Å². The number of hydrogen-bond donors (Lipinski definition) is 2. The molecule has 0 saturated heterocycles. The van der Waals surface area contributed by atoms with Crippen molar-refractivity contribution in [2.45, 2.75) is 68.7 Å². The van der Waals surface area contributed by atoms with Crippen LogP contribution in [-0.2, 0) is 14.8 Å². The monoisotopic (exact) mass is 455 g/mol. The van der Waals surface area contributed by atoms with Crippen molar-refractivity contribution in [1.82, 2.24) is 4.72 Å². The second-order valence-electron chi connectivity index (χ2n) is 9.38. The first-order valence-electron chi connectivity index (χ1n) is 11.8. The largest absolute Gasteiger partial charge is 0.481 e. The molecule has 6 heteroatoms. The Kier molecular flexibility index (Phi) is 7.31. The molecule has 3 unspecified atom stereocenters. The number of sulfonamides is 1.